The van der Waals surface area contributed by atoms with E-state index in [1.54, 1.807) is 18.2 Å². The molecule has 0 radical (unpaired) electrons. The first-order valence-corrected chi connectivity index (χ1v) is 4.88. The molecule has 1 atom stereocenters. The Kier molecular flexibility index (Phi) is 3.93. The number of benzene rings is 1. The molecule has 1 aromatic carbocycles. The van der Waals surface area contributed by atoms with E-state index in [9.17, 15) is 9.90 Å². The van der Waals surface area contributed by atoms with Crippen molar-refractivity contribution in [2.75, 3.05) is 0 Å². The van der Waals surface area contributed by atoms with E-state index in [2.05, 4.69) is 0 Å². The molecule has 0 heterocycles. The highest BCUT2D eigenvalue weighted by atomic mass is 35.5. The Morgan fingerprint density at radius 2 is 2.07 bits per heavy atom. The first-order chi connectivity index (χ1) is 6.50. The Bertz CT molecular complexity index is 350. The van der Waals surface area contributed by atoms with Gasteiger partial charge in [-0.3, -0.25) is 4.79 Å². The van der Waals surface area contributed by atoms with Gasteiger partial charge < -0.3 is 5.11 Å². The van der Waals surface area contributed by atoms with Crippen LogP contribution in [0.25, 0.3) is 0 Å². The zero-order valence-electron chi connectivity index (χ0n) is 7.63. The van der Waals surface area contributed by atoms with Crippen LogP contribution in [-0.4, -0.2) is 10.9 Å². The van der Waals surface area contributed by atoms with Crippen molar-refractivity contribution in [3.05, 3.63) is 33.8 Å². The highest BCUT2D eigenvalue weighted by Gasteiger charge is 2.11. The third-order valence-corrected chi connectivity index (χ3v) is 2.55. The maximum atomic E-state index is 10.8. The normalized spacial score (nSPS) is 12.6. The van der Waals surface area contributed by atoms with Gasteiger partial charge in [-0.2, -0.15) is 0 Å². The van der Waals surface area contributed by atoms with Gasteiger partial charge in [0.1, 0.15) is 5.78 Å². The zero-order chi connectivity index (χ0) is 10.7. The Balaban J connectivity index is 2.85. The number of hydrogen-bond donors (Lipinski definition) is 1. The number of rotatable bonds is 3. The summed E-state index contributed by atoms with van der Waals surface area (Å²) in [6, 6.07) is 4.82. The fourth-order valence-corrected chi connectivity index (χ4v) is 1.42. The molecular formula is C10H10Cl2O2. The Hall–Kier alpha value is -0.570. The third kappa shape index (κ3) is 2.98. The molecular weight excluding hydrogens is 223 g/mol. The largest absolute Gasteiger partial charge is 0.388 e. The summed E-state index contributed by atoms with van der Waals surface area (Å²) in [5.41, 5.74) is 0.606. The van der Waals surface area contributed by atoms with Crippen LogP contribution in [0.2, 0.25) is 10.0 Å². The van der Waals surface area contributed by atoms with Gasteiger partial charge in [-0.05, 0) is 24.6 Å². The van der Waals surface area contributed by atoms with E-state index in [1.165, 1.54) is 6.92 Å². The second-order valence-electron chi connectivity index (χ2n) is 3.10. The fraction of sp³-hybridized carbons (Fsp3) is 0.300. The lowest BCUT2D eigenvalue weighted by molar-refractivity contribution is -0.118. The Morgan fingerprint density at radius 1 is 1.43 bits per heavy atom. The van der Waals surface area contributed by atoms with E-state index in [4.69, 9.17) is 23.2 Å². The summed E-state index contributed by atoms with van der Waals surface area (Å²) in [5, 5.41) is 10.4. The van der Waals surface area contributed by atoms with Gasteiger partial charge in [-0.1, -0.05) is 29.3 Å². The predicted octanol–water partition coefficient (Wildman–Crippen LogP) is 3.01. The minimum Gasteiger partial charge on any atom is -0.388 e. The number of hydrogen-bond acceptors (Lipinski definition) is 2. The molecule has 0 saturated heterocycles. The highest BCUT2D eigenvalue weighted by molar-refractivity contribution is 6.42. The minimum atomic E-state index is -0.803. The molecule has 1 aromatic rings. The molecule has 0 unspecified atom stereocenters. The summed E-state index contributed by atoms with van der Waals surface area (Å²) in [6.07, 6.45) is -0.708. The van der Waals surface area contributed by atoms with Crippen molar-refractivity contribution in [3.8, 4) is 0 Å². The van der Waals surface area contributed by atoms with E-state index in [0.29, 0.717) is 15.6 Å². The fourth-order valence-electron chi connectivity index (χ4n) is 1.11. The molecule has 0 aromatic heterocycles. The number of aliphatic hydroxyl groups excluding tert-OH is 1. The second-order valence-corrected chi connectivity index (χ2v) is 3.91. The van der Waals surface area contributed by atoms with Crippen molar-refractivity contribution in [1.29, 1.82) is 0 Å². The van der Waals surface area contributed by atoms with Crippen LogP contribution in [0.15, 0.2) is 18.2 Å². The molecule has 4 heteroatoms. The Labute approximate surface area is 92.5 Å². The molecule has 14 heavy (non-hydrogen) atoms. The van der Waals surface area contributed by atoms with Gasteiger partial charge in [0.15, 0.2) is 0 Å². The maximum absolute atomic E-state index is 10.8. The molecule has 0 saturated carbocycles. The SMILES string of the molecule is CC(=O)C[C@H](O)c1ccc(Cl)c(Cl)c1. The van der Waals surface area contributed by atoms with E-state index in [-0.39, 0.29) is 12.2 Å². The summed E-state index contributed by atoms with van der Waals surface area (Å²) in [5.74, 6) is -0.0661. The van der Waals surface area contributed by atoms with Crippen LogP contribution in [0.1, 0.15) is 25.0 Å². The van der Waals surface area contributed by atoms with Crippen LogP contribution < -0.4 is 0 Å². The molecule has 0 spiro atoms. The van der Waals surface area contributed by atoms with Crippen molar-refractivity contribution >= 4 is 29.0 Å². The topological polar surface area (TPSA) is 37.3 Å². The maximum Gasteiger partial charge on any atom is 0.132 e. The van der Waals surface area contributed by atoms with Gasteiger partial charge in [0, 0.05) is 6.42 Å². The summed E-state index contributed by atoms with van der Waals surface area (Å²) in [4.78, 5) is 10.8. The van der Waals surface area contributed by atoms with Crippen LogP contribution in [0.5, 0.6) is 0 Å². The van der Waals surface area contributed by atoms with Crippen molar-refractivity contribution < 1.29 is 9.90 Å². The summed E-state index contributed by atoms with van der Waals surface area (Å²) >= 11 is 11.5. The van der Waals surface area contributed by atoms with Gasteiger partial charge in [-0.15, -0.1) is 0 Å². The molecule has 76 valence electrons. The molecule has 0 amide bonds. The van der Waals surface area contributed by atoms with E-state index in [1.807, 2.05) is 0 Å². The highest BCUT2D eigenvalue weighted by Crippen LogP contribution is 2.26. The third-order valence-electron chi connectivity index (χ3n) is 1.81. The molecule has 0 aliphatic carbocycles. The van der Waals surface area contributed by atoms with Crippen LogP contribution in [0, 0.1) is 0 Å². The number of halogens is 2. The quantitative estimate of drug-likeness (QED) is 0.871. The zero-order valence-corrected chi connectivity index (χ0v) is 9.14. The van der Waals surface area contributed by atoms with E-state index in [0.717, 1.165) is 0 Å². The monoisotopic (exact) mass is 232 g/mol. The average molecular weight is 233 g/mol. The van der Waals surface area contributed by atoms with Crippen molar-refractivity contribution in [2.24, 2.45) is 0 Å². The lowest BCUT2D eigenvalue weighted by atomic mass is 10.1. The average Bonchev–Trinajstić information content (AvgIpc) is 2.08. The van der Waals surface area contributed by atoms with Crippen LogP contribution in [0.4, 0.5) is 0 Å². The Morgan fingerprint density at radius 3 is 2.57 bits per heavy atom. The van der Waals surface area contributed by atoms with Gasteiger partial charge in [-0.25, -0.2) is 0 Å². The minimum absolute atomic E-state index is 0.0661. The molecule has 2 nitrogen and oxygen atoms in total. The summed E-state index contributed by atoms with van der Waals surface area (Å²) in [7, 11) is 0. The number of aliphatic hydroxyl groups is 1. The second kappa shape index (κ2) is 4.78. The number of carbonyl (C=O) groups is 1. The van der Waals surface area contributed by atoms with Crippen LogP contribution in [0.3, 0.4) is 0 Å². The molecule has 1 rings (SSSR count). The molecule has 1 N–H and O–H groups in total. The molecule has 0 fully saturated rings. The van der Waals surface area contributed by atoms with Gasteiger partial charge in [0.2, 0.25) is 0 Å². The van der Waals surface area contributed by atoms with Crippen molar-refractivity contribution in [3.63, 3.8) is 0 Å². The summed E-state index contributed by atoms with van der Waals surface area (Å²) in [6.45, 7) is 1.43. The lowest BCUT2D eigenvalue weighted by Crippen LogP contribution is -2.03. The molecule has 0 aliphatic heterocycles. The smallest absolute Gasteiger partial charge is 0.132 e. The van der Waals surface area contributed by atoms with Crippen molar-refractivity contribution in [1.82, 2.24) is 0 Å². The number of Topliss-reactive ketones (excluding diaryl/α,β-unsaturated/α-hetero) is 1. The van der Waals surface area contributed by atoms with E-state index < -0.39 is 6.10 Å². The predicted molar refractivity (Wildman–Crippen MR) is 56.7 cm³/mol. The lowest BCUT2D eigenvalue weighted by Gasteiger charge is -2.09. The molecule has 0 bridgehead atoms. The first kappa shape index (κ1) is 11.5. The van der Waals surface area contributed by atoms with Crippen LogP contribution in [-0.2, 0) is 4.79 Å². The first-order valence-electron chi connectivity index (χ1n) is 4.13. The van der Waals surface area contributed by atoms with Crippen LogP contribution >= 0.6 is 23.2 Å². The number of ketones is 1. The van der Waals surface area contributed by atoms with Crippen molar-refractivity contribution in [2.45, 2.75) is 19.4 Å². The van der Waals surface area contributed by atoms with Gasteiger partial charge in [0.25, 0.3) is 0 Å². The summed E-state index contributed by atoms with van der Waals surface area (Å²) < 4.78 is 0. The van der Waals surface area contributed by atoms with Gasteiger partial charge >= 0.3 is 0 Å². The van der Waals surface area contributed by atoms with E-state index >= 15 is 0 Å². The molecule has 0 aliphatic rings. The standard InChI is InChI=1S/C10H10Cl2O2/c1-6(13)4-10(14)7-2-3-8(11)9(12)5-7/h2-3,5,10,14H,4H2,1H3/t10-/m0/s1. The van der Waals surface area contributed by atoms with Gasteiger partial charge in [0.05, 0.1) is 16.1 Å². The number of carbonyl (C=O) groups excluding carboxylic acids is 1.